The first-order valence-corrected chi connectivity index (χ1v) is 6.00. The minimum Gasteiger partial charge on any atom is -0.341 e. The molecule has 0 bridgehead atoms. The van der Waals surface area contributed by atoms with Gasteiger partial charge in [0.25, 0.3) is 0 Å². The van der Waals surface area contributed by atoms with Gasteiger partial charge in [-0.25, -0.2) is 0 Å². The van der Waals surface area contributed by atoms with E-state index in [1.165, 1.54) is 0 Å². The fourth-order valence-electron chi connectivity index (χ4n) is 2.36. The molecule has 2 rings (SSSR count). The Kier molecular flexibility index (Phi) is 3.43. The second-order valence-electron chi connectivity index (χ2n) is 4.60. The van der Waals surface area contributed by atoms with Crippen LogP contribution in [0.1, 0.15) is 25.7 Å². The van der Waals surface area contributed by atoms with E-state index in [2.05, 4.69) is 0 Å². The van der Waals surface area contributed by atoms with Crippen molar-refractivity contribution >= 4 is 11.8 Å². The van der Waals surface area contributed by atoms with Crippen molar-refractivity contribution in [3.8, 4) is 0 Å². The Morgan fingerprint density at radius 1 is 1.25 bits per heavy atom. The van der Waals surface area contributed by atoms with Crippen molar-refractivity contribution in [1.29, 1.82) is 0 Å². The lowest BCUT2D eigenvalue weighted by Gasteiger charge is -2.31. The van der Waals surface area contributed by atoms with Crippen LogP contribution in [0.5, 0.6) is 0 Å². The lowest BCUT2D eigenvalue weighted by Crippen LogP contribution is -2.51. The van der Waals surface area contributed by atoms with Crippen LogP contribution in [-0.2, 0) is 9.59 Å². The monoisotopic (exact) mass is 225 g/mol. The Bertz CT molecular complexity index is 287. The molecule has 0 radical (unpaired) electrons. The van der Waals surface area contributed by atoms with Crippen molar-refractivity contribution < 1.29 is 9.59 Å². The molecular weight excluding hydrogens is 206 g/mol. The summed E-state index contributed by atoms with van der Waals surface area (Å²) in [6.45, 7) is 2.57. The highest BCUT2D eigenvalue weighted by Crippen LogP contribution is 2.12. The molecule has 2 amide bonds. The lowest BCUT2D eigenvalue weighted by molar-refractivity contribution is -0.142. The van der Waals surface area contributed by atoms with Gasteiger partial charge in [0.05, 0.1) is 12.6 Å². The molecule has 0 aromatic heterocycles. The third-order valence-corrected chi connectivity index (χ3v) is 3.36. The van der Waals surface area contributed by atoms with Crippen molar-refractivity contribution in [1.82, 2.24) is 9.80 Å². The standard InChI is InChI=1S/C11H19N3O2/c12-9-4-3-7-14(11(9)16)8-10(15)13-5-1-2-6-13/h9H,1-8,12H2/t9-/m1/s1. The highest BCUT2D eigenvalue weighted by molar-refractivity contribution is 5.88. The molecule has 16 heavy (non-hydrogen) atoms. The summed E-state index contributed by atoms with van der Waals surface area (Å²) in [5, 5.41) is 0. The zero-order valence-corrected chi connectivity index (χ0v) is 9.52. The number of nitrogens with zero attached hydrogens (tertiary/aromatic N) is 2. The molecular formula is C11H19N3O2. The van der Waals surface area contributed by atoms with E-state index in [4.69, 9.17) is 5.73 Å². The van der Waals surface area contributed by atoms with Crippen LogP contribution in [0.3, 0.4) is 0 Å². The maximum atomic E-state index is 11.9. The van der Waals surface area contributed by atoms with Gasteiger partial charge in [0, 0.05) is 19.6 Å². The number of amides is 2. The topological polar surface area (TPSA) is 66.6 Å². The molecule has 0 spiro atoms. The van der Waals surface area contributed by atoms with E-state index >= 15 is 0 Å². The predicted molar refractivity (Wildman–Crippen MR) is 59.6 cm³/mol. The van der Waals surface area contributed by atoms with Gasteiger partial charge in [-0.3, -0.25) is 9.59 Å². The van der Waals surface area contributed by atoms with Gasteiger partial charge in [0.15, 0.2) is 0 Å². The number of hydrogen-bond acceptors (Lipinski definition) is 3. The van der Waals surface area contributed by atoms with Crippen LogP contribution < -0.4 is 5.73 Å². The van der Waals surface area contributed by atoms with Crippen LogP contribution in [0, 0.1) is 0 Å². The summed E-state index contributed by atoms with van der Waals surface area (Å²) in [6.07, 6.45) is 3.81. The molecule has 0 unspecified atom stereocenters. The van der Waals surface area contributed by atoms with Crippen LogP contribution in [0.25, 0.3) is 0 Å². The fourth-order valence-corrected chi connectivity index (χ4v) is 2.36. The molecule has 90 valence electrons. The van der Waals surface area contributed by atoms with Gasteiger partial charge in [-0.05, 0) is 25.7 Å². The van der Waals surface area contributed by atoms with Crippen LogP contribution in [0.4, 0.5) is 0 Å². The summed E-state index contributed by atoms with van der Waals surface area (Å²) < 4.78 is 0. The first kappa shape index (κ1) is 11.4. The molecule has 2 N–H and O–H groups in total. The van der Waals surface area contributed by atoms with Crippen molar-refractivity contribution in [2.24, 2.45) is 5.73 Å². The highest BCUT2D eigenvalue weighted by Gasteiger charge is 2.28. The van der Waals surface area contributed by atoms with Gasteiger partial charge in [0.1, 0.15) is 0 Å². The fraction of sp³-hybridized carbons (Fsp3) is 0.818. The van der Waals surface area contributed by atoms with Gasteiger partial charge in [-0.1, -0.05) is 0 Å². The summed E-state index contributed by atoms with van der Waals surface area (Å²) in [5.74, 6) is -0.00116. The summed E-state index contributed by atoms with van der Waals surface area (Å²) in [4.78, 5) is 27.0. The third kappa shape index (κ3) is 2.35. The SMILES string of the molecule is N[C@@H]1CCCN(CC(=O)N2CCCC2)C1=O. The third-order valence-electron chi connectivity index (χ3n) is 3.36. The van der Waals surface area contributed by atoms with E-state index < -0.39 is 6.04 Å². The Hall–Kier alpha value is -1.10. The second-order valence-corrected chi connectivity index (χ2v) is 4.60. The Labute approximate surface area is 95.6 Å². The predicted octanol–water partition coefficient (Wildman–Crippen LogP) is -0.441. The van der Waals surface area contributed by atoms with Crippen LogP contribution in [-0.4, -0.2) is 53.8 Å². The first-order valence-electron chi connectivity index (χ1n) is 6.00. The normalized spacial score (nSPS) is 26.3. The molecule has 2 fully saturated rings. The van der Waals surface area contributed by atoms with Gasteiger partial charge < -0.3 is 15.5 Å². The minimum atomic E-state index is -0.403. The maximum absolute atomic E-state index is 11.9. The first-order chi connectivity index (χ1) is 7.68. The van der Waals surface area contributed by atoms with Crippen molar-refractivity contribution in [2.75, 3.05) is 26.2 Å². The van der Waals surface area contributed by atoms with E-state index in [1.807, 2.05) is 4.90 Å². The van der Waals surface area contributed by atoms with Crippen molar-refractivity contribution in [3.05, 3.63) is 0 Å². The number of carbonyl (C=O) groups excluding carboxylic acids is 2. The smallest absolute Gasteiger partial charge is 0.242 e. The number of nitrogens with two attached hydrogens (primary N) is 1. The molecule has 1 atom stereocenters. The maximum Gasteiger partial charge on any atom is 0.242 e. The van der Waals surface area contributed by atoms with Crippen molar-refractivity contribution in [3.63, 3.8) is 0 Å². The molecule has 2 saturated heterocycles. The molecule has 0 aromatic carbocycles. The molecule has 5 nitrogen and oxygen atoms in total. The van der Waals surface area contributed by atoms with Gasteiger partial charge in [0.2, 0.25) is 11.8 Å². The minimum absolute atomic E-state index is 0.0694. The summed E-state index contributed by atoms with van der Waals surface area (Å²) >= 11 is 0. The number of rotatable bonds is 2. The van der Waals surface area contributed by atoms with Crippen molar-refractivity contribution in [2.45, 2.75) is 31.7 Å². The Morgan fingerprint density at radius 2 is 1.94 bits per heavy atom. The van der Waals surface area contributed by atoms with E-state index in [1.54, 1.807) is 4.90 Å². The summed E-state index contributed by atoms with van der Waals surface area (Å²) in [7, 11) is 0. The largest absolute Gasteiger partial charge is 0.341 e. The molecule has 0 aliphatic carbocycles. The van der Waals surface area contributed by atoms with E-state index in [9.17, 15) is 9.59 Å². The molecule has 2 heterocycles. The zero-order chi connectivity index (χ0) is 11.5. The zero-order valence-electron chi connectivity index (χ0n) is 9.52. The molecule has 0 aromatic rings. The van der Waals surface area contributed by atoms with E-state index in [0.29, 0.717) is 6.54 Å². The number of carbonyl (C=O) groups is 2. The molecule has 0 saturated carbocycles. The van der Waals surface area contributed by atoms with Gasteiger partial charge in [-0.2, -0.15) is 0 Å². The van der Waals surface area contributed by atoms with Gasteiger partial charge >= 0.3 is 0 Å². The quantitative estimate of drug-likeness (QED) is 0.692. The van der Waals surface area contributed by atoms with Crippen LogP contribution in [0.15, 0.2) is 0 Å². The molecule has 2 aliphatic rings. The summed E-state index contributed by atoms with van der Waals surface area (Å²) in [5.41, 5.74) is 5.68. The average molecular weight is 225 g/mol. The lowest BCUT2D eigenvalue weighted by atomic mass is 10.1. The Balaban J connectivity index is 1.88. The number of hydrogen-bond donors (Lipinski definition) is 1. The average Bonchev–Trinajstić information content (AvgIpc) is 2.78. The number of piperidine rings is 1. The molecule has 2 aliphatic heterocycles. The van der Waals surface area contributed by atoms with E-state index in [-0.39, 0.29) is 18.4 Å². The molecule has 5 heteroatoms. The van der Waals surface area contributed by atoms with Gasteiger partial charge in [-0.15, -0.1) is 0 Å². The van der Waals surface area contributed by atoms with Crippen LogP contribution >= 0.6 is 0 Å². The second kappa shape index (κ2) is 4.82. The Morgan fingerprint density at radius 3 is 2.62 bits per heavy atom. The van der Waals surface area contributed by atoms with E-state index in [0.717, 1.165) is 38.8 Å². The summed E-state index contributed by atoms with van der Waals surface area (Å²) in [6, 6.07) is -0.403. The number of likely N-dealkylation sites (tertiary alicyclic amines) is 2. The van der Waals surface area contributed by atoms with Crippen LogP contribution in [0.2, 0.25) is 0 Å². The highest BCUT2D eigenvalue weighted by atomic mass is 16.2.